The third kappa shape index (κ3) is 2.58. The number of carbonyl (C=O) groups excluding carboxylic acids is 1. The van der Waals surface area contributed by atoms with E-state index in [0.717, 1.165) is 5.56 Å². The zero-order valence-electron chi connectivity index (χ0n) is 8.66. The summed E-state index contributed by atoms with van der Waals surface area (Å²) in [5, 5.41) is 2.57. The van der Waals surface area contributed by atoms with E-state index in [-0.39, 0.29) is 12.5 Å². The highest BCUT2D eigenvalue weighted by Gasteiger charge is 2.29. The zero-order chi connectivity index (χ0) is 11.3. The summed E-state index contributed by atoms with van der Waals surface area (Å²) < 4.78 is 0. The van der Waals surface area contributed by atoms with Crippen LogP contribution in [-0.2, 0) is 10.3 Å². The van der Waals surface area contributed by atoms with Crippen molar-refractivity contribution in [1.29, 1.82) is 0 Å². The number of rotatable bonds is 3. The Morgan fingerprint density at radius 1 is 1.53 bits per heavy atom. The lowest BCUT2D eigenvalue weighted by molar-refractivity contribution is -0.125. The predicted octanol–water partition coefficient (Wildman–Crippen LogP) is 0.610. The fraction of sp³-hybridized carbons (Fsp3) is 0.250. The van der Waals surface area contributed by atoms with Gasteiger partial charge in [-0.2, -0.15) is 0 Å². The van der Waals surface area contributed by atoms with Crippen molar-refractivity contribution < 1.29 is 4.79 Å². The van der Waals surface area contributed by atoms with Crippen molar-refractivity contribution in [3.8, 4) is 12.3 Å². The topological polar surface area (TPSA) is 55.1 Å². The van der Waals surface area contributed by atoms with Gasteiger partial charge in [0.25, 0.3) is 0 Å². The summed E-state index contributed by atoms with van der Waals surface area (Å²) in [5.74, 6) is 2.06. The molecule has 0 aliphatic rings. The van der Waals surface area contributed by atoms with Gasteiger partial charge < -0.3 is 11.1 Å². The first-order valence-corrected chi connectivity index (χ1v) is 4.65. The minimum absolute atomic E-state index is 0.193. The van der Waals surface area contributed by atoms with E-state index in [9.17, 15) is 4.79 Å². The maximum absolute atomic E-state index is 11.7. The van der Waals surface area contributed by atoms with Gasteiger partial charge in [0.2, 0.25) is 5.91 Å². The molecule has 1 unspecified atom stereocenters. The second-order valence-electron chi connectivity index (χ2n) is 3.46. The Balaban J connectivity index is 2.84. The molecule has 78 valence electrons. The van der Waals surface area contributed by atoms with Crippen molar-refractivity contribution in [1.82, 2.24) is 5.32 Å². The first-order chi connectivity index (χ1) is 7.09. The van der Waals surface area contributed by atoms with Gasteiger partial charge in [0, 0.05) is 0 Å². The van der Waals surface area contributed by atoms with E-state index in [1.165, 1.54) is 0 Å². The van der Waals surface area contributed by atoms with Crippen molar-refractivity contribution in [2.75, 3.05) is 6.54 Å². The van der Waals surface area contributed by atoms with E-state index < -0.39 is 5.54 Å². The summed E-state index contributed by atoms with van der Waals surface area (Å²) in [6, 6.07) is 9.19. The summed E-state index contributed by atoms with van der Waals surface area (Å²) >= 11 is 0. The molecule has 0 fully saturated rings. The molecule has 1 rings (SSSR count). The van der Waals surface area contributed by atoms with Crippen LogP contribution >= 0.6 is 0 Å². The number of benzene rings is 1. The summed E-state index contributed by atoms with van der Waals surface area (Å²) in [6.07, 6.45) is 5.05. The van der Waals surface area contributed by atoms with Gasteiger partial charge in [-0.25, -0.2) is 0 Å². The molecule has 1 amide bonds. The Hall–Kier alpha value is -1.79. The number of carbonyl (C=O) groups is 1. The Morgan fingerprint density at radius 3 is 2.67 bits per heavy atom. The summed E-state index contributed by atoms with van der Waals surface area (Å²) in [6.45, 7) is 1.85. The molecule has 0 aromatic heterocycles. The first kappa shape index (κ1) is 11.3. The standard InChI is InChI=1S/C12H14N2O/c1-3-9-14-11(15)12(2,13)10-7-5-4-6-8-10/h1,4-8H,9,13H2,2H3,(H,14,15). The number of hydrogen-bond acceptors (Lipinski definition) is 2. The van der Waals surface area contributed by atoms with Crippen molar-refractivity contribution in [3.05, 3.63) is 35.9 Å². The Morgan fingerprint density at radius 2 is 2.13 bits per heavy atom. The SMILES string of the molecule is C#CCNC(=O)C(C)(N)c1ccccc1. The van der Waals surface area contributed by atoms with Crippen LogP contribution in [0, 0.1) is 12.3 Å². The highest BCUT2D eigenvalue weighted by Crippen LogP contribution is 2.16. The van der Waals surface area contributed by atoms with Crippen molar-refractivity contribution in [3.63, 3.8) is 0 Å². The van der Waals surface area contributed by atoms with Gasteiger partial charge in [0.1, 0.15) is 5.54 Å². The molecular formula is C12H14N2O. The van der Waals surface area contributed by atoms with E-state index in [2.05, 4.69) is 11.2 Å². The summed E-state index contributed by atoms with van der Waals surface area (Å²) in [5.41, 5.74) is 5.66. The van der Waals surface area contributed by atoms with E-state index in [0.29, 0.717) is 0 Å². The molecule has 15 heavy (non-hydrogen) atoms. The van der Waals surface area contributed by atoms with Gasteiger partial charge in [-0.3, -0.25) is 4.79 Å². The highest BCUT2D eigenvalue weighted by molar-refractivity contribution is 5.87. The number of nitrogens with two attached hydrogens (primary N) is 1. The second kappa shape index (κ2) is 4.63. The highest BCUT2D eigenvalue weighted by atomic mass is 16.2. The molecule has 3 N–H and O–H groups in total. The van der Waals surface area contributed by atoms with Crippen LogP contribution in [0.5, 0.6) is 0 Å². The fourth-order valence-corrected chi connectivity index (χ4v) is 1.23. The van der Waals surface area contributed by atoms with Crippen LogP contribution in [0.25, 0.3) is 0 Å². The Bertz CT molecular complexity index is 376. The molecule has 0 spiro atoms. The Kier molecular flexibility index (Phi) is 3.48. The molecule has 0 saturated carbocycles. The normalized spacial score (nSPS) is 13.7. The van der Waals surface area contributed by atoms with Crippen LogP contribution in [0.15, 0.2) is 30.3 Å². The van der Waals surface area contributed by atoms with Crippen LogP contribution in [0.1, 0.15) is 12.5 Å². The number of nitrogens with one attached hydrogen (secondary N) is 1. The fourth-order valence-electron chi connectivity index (χ4n) is 1.23. The van der Waals surface area contributed by atoms with Crippen LogP contribution in [-0.4, -0.2) is 12.5 Å². The summed E-state index contributed by atoms with van der Waals surface area (Å²) in [7, 11) is 0. The zero-order valence-corrected chi connectivity index (χ0v) is 8.66. The van der Waals surface area contributed by atoms with Gasteiger partial charge in [0.05, 0.1) is 6.54 Å². The van der Waals surface area contributed by atoms with Crippen molar-refractivity contribution in [2.45, 2.75) is 12.5 Å². The van der Waals surface area contributed by atoms with Gasteiger partial charge >= 0.3 is 0 Å². The number of amides is 1. The van der Waals surface area contributed by atoms with Gasteiger partial charge in [-0.05, 0) is 12.5 Å². The first-order valence-electron chi connectivity index (χ1n) is 4.65. The van der Waals surface area contributed by atoms with Crippen LogP contribution < -0.4 is 11.1 Å². The largest absolute Gasteiger partial charge is 0.343 e. The maximum Gasteiger partial charge on any atom is 0.245 e. The molecule has 1 atom stereocenters. The average molecular weight is 202 g/mol. The summed E-state index contributed by atoms with van der Waals surface area (Å²) in [4.78, 5) is 11.7. The Labute approximate surface area is 89.7 Å². The van der Waals surface area contributed by atoms with Gasteiger partial charge in [0.15, 0.2) is 0 Å². The van der Waals surface area contributed by atoms with E-state index in [4.69, 9.17) is 12.2 Å². The van der Waals surface area contributed by atoms with E-state index >= 15 is 0 Å². The van der Waals surface area contributed by atoms with Gasteiger partial charge in [-0.1, -0.05) is 36.3 Å². The molecule has 3 heteroatoms. The molecule has 0 aliphatic carbocycles. The van der Waals surface area contributed by atoms with Crippen molar-refractivity contribution >= 4 is 5.91 Å². The van der Waals surface area contributed by atoms with Crippen LogP contribution in [0.2, 0.25) is 0 Å². The molecule has 0 heterocycles. The average Bonchev–Trinajstić information content (AvgIpc) is 2.27. The second-order valence-corrected chi connectivity index (χ2v) is 3.46. The molecular weight excluding hydrogens is 188 g/mol. The van der Waals surface area contributed by atoms with Gasteiger partial charge in [-0.15, -0.1) is 6.42 Å². The molecule has 0 aliphatic heterocycles. The smallest absolute Gasteiger partial charge is 0.245 e. The lowest BCUT2D eigenvalue weighted by atomic mass is 9.92. The number of terminal acetylenes is 1. The lowest BCUT2D eigenvalue weighted by Crippen LogP contribution is -2.49. The predicted molar refractivity (Wildman–Crippen MR) is 59.8 cm³/mol. The molecule has 1 aromatic rings. The molecule has 0 saturated heterocycles. The molecule has 1 aromatic carbocycles. The molecule has 0 bridgehead atoms. The van der Waals surface area contributed by atoms with E-state index in [1.54, 1.807) is 6.92 Å². The lowest BCUT2D eigenvalue weighted by Gasteiger charge is -2.23. The van der Waals surface area contributed by atoms with E-state index in [1.807, 2.05) is 30.3 Å². The quantitative estimate of drug-likeness (QED) is 0.706. The van der Waals surface area contributed by atoms with Crippen LogP contribution in [0.4, 0.5) is 0 Å². The molecule has 3 nitrogen and oxygen atoms in total. The minimum Gasteiger partial charge on any atom is -0.343 e. The number of hydrogen-bond donors (Lipinski definition) is 2. The minimum atomic E-state index is -1.04. The third-order valence-corrected chi connectivity index (χ3v) is 2.20. The molecule has 0 radical (unpaired) electrons. The maximum atomic E-state index is 11.7. The van der Waals surface area contributed by atoms with Crippen LogP contribution in [0.3, 0.4) is 0 Å². The monoisotopic (exact) mass is 202 g/mol. The third-order valence-electron chi connectivity index (χ3n) is 2.20. The van der Waals surface area contributed by atoms with Crippen molar-refractivity contribution in [2.24, 2.45) is 5.73 Å².